The maximum Gasteiger partial charge on any atom is 0.217 e. The summed E-state index contributed by atoms with van der Waals surface area (Å²) in [6.07, 6.45) is 0.894. The lowest BCUT2D eigenvalue weighted by molar-refractivity contribution is 0.346. The van der Waals surface area contributed by atoms with E-state index in [1.807, 2.05) is 7.05 Å². The van der Waals surface area contributed by atoms with Gasteiger partial charge in [0.1, 0.15) is 0 Å². The normalized spacial score (nSPS) is 23.7. The standard InChI is InChI=1S/C9H19ClN2O2S/c1-9(8-10)15(13,14)12-5-3-4-11(2)6-7-12/h9H,3-8H2,1-2H3. The van der Waals surface area contributed by atoms with E-state index in [1.54, 1.807) is 11.2 Å². The zero-order valence-electron chi connectivity index (χ0n) is 9.32. The van der Waals surface area contributed by atoms with Crippen LogP contribution in [0.5, 0.6) is 0 Å². The summed E-state index contributed by atoms with van der Waals surface area (Å²) in [6, 6.07) is 0. The molecule has 1 unspecified atom stereocenters. The predicted molar refractivity (Wildman–Crippen MR) is 62.8 cm³/mol. The zero-order valence-corrected chi connectivity index (χ0v) is 10.9. The maximum absolute atomic E-state index is 12.0. The Hall–Kier alpha value is 0.160. The number of nitrogens with zero attached hydrogens (tertiary/aromatic N) is 2. The summed E-state index contributed by atoms with van der Waals surface area (Å²) in [5, 5.41) is -0.484. The Kier molecular flexibility index (Phi) is 4.83. The molecule has 0 amide bonds. The fourth-order valence-electron chi connectivity index (χ4n) is 1.61. The van der Waals surface area contributed by atoms with Crippen LogP contribution in [0.4, 0.5) is 0 Å². The average Bonchev–Trinajstić information content (AvgIpc) is 2.41. The molecular weight excluding hydrogens is 236 g/mol. The number of sulfonamides is 1. The van der Waals surface area contributed by atoms with Crippen LogP contribution in [0.1, 0.15) is 13.3 Å². The van der Waals surface area contributed by atoms with Crippen LogP contribution in [0.25, 0.3) is 0 Å². The van der Waals surface area contributed by atoms with Gasteiger partial charge in [-0.2, -0.15) is 0 Å². The average molecular weight is 255 g/mol. The monoisotopic (exact) mass is 254 g/mol. The van der Waals surface area contributed by atoms with E-state index < -0.39 is 15.3 Å². The first-order chi connectivity index (χ1) is 6.98. The third-order valence-electron chi connectivity index (χ3n) is 2.76. The second-order valence-corrected chi connectivity index (χ2v) is 6.73. The van der Waals surface area contributed by atoms with Crippen molar-refractivity contribution in [3.63, 3.8) is 0 Å². The van der Waals surface area contributed by atoms with Crippen molar-refractivity contribution >= 4 is 21.6 Å². The molecule has 0 bridgehead atoms. The molecule has 6 heteroatoms. The molecule has 1 saturated heterocycles. The number of hydrogen-bond acceptors (Lipinski definition) is 3. The summed E-state index contributed by atoms with van der Waals surface area (Å²) < 4.78 is 25.6. The van der Waals surface area contributed by atoms with Crippen LogP contribution in [0, 0.1) is 0 Å². The van der Waals surface area contributed by atoms with Crippen molar-refractivity contribution in [2.24, 2.45) is 0 Å². The van der Waals surface area contributed by atoms with Gasteiger partial charge in [0.2, 0.25) is 10.0 Å². The lowest BCUT2D eigenvalue weighted by atomic mass is 10.4. The Morgan fingerprint density at radius 3 is 2.53 bits per heavy atom. The number of rotatable bonds is 3. The summed E-state index contributed by atoms with van der Waals surface area (Å²) in [6.45, 7) is 4.63. The molecule has 0 saturated carbocycles. The van der Waals surface area contributed by atoms with E-state index in [0.717, 1.165) is 19.5 Å². The molecule has 0 aliphatic carbocycles. The molecule has 0 N–H and O–H groups in total. The minimum Gasteiger partial charge on any atom is -0.305 e. The van der Waals surface area contributed by atoms with Gasteiger partial charge < -0.3 is 4.90 Å². The van der Waals surface area contributed by atoms with Gasteiger partial charge in [0.25, 0.3) is 0 Å². The van der Waals surface area contributed by atoms with Crippen molar-refractivity contribution in [3.8, 4) is 0 Å². The highest BCUT2D eigenvalue weighted by molar-refractivity contribution is 7.89. The Labute approximate surface area is 97.2 Å². The molecule has 1 rings (SSSR count). The molecule has 15 heavy (non-hydrogen) atoms. The molecule has 0 radical (unpaired) electrons. The van der Waals surface area contributed by atoms with E-state index in [9.17, 15) is 8.42 Å². The van der Waals surface area contributed by atoms with Gasteiger partial charge in [0.05, 0.1) is 5.25 Å². The van der Waals surface area contributed by atoms with Crippen LogP contribution >= 0.6 is 11.6 Å². The third kappa shape index (κ3) is 3.31. The fourth-order valence-corrected chi connectivity index (χ4v) is 3.48. The number of halogens is 1. The highest BCUT2D eigenvalue weighted by Crippen LogP contribution is 2.13. The van der Waals surface area contributed by atoms with Gasteiger partial charge in [-0.3, -0.25) is 0 Å². The highest BCUT2D eigenvalue weighted by atomic mass is 35.5. The second kappa shape index (κ2) is 5.48. The first kappa shape index (κ1) is 13.2. The van der Waals surface area contributed by atoms with E-state index in [2.05, 4.69) is 4.90 Å². The second-order valence-electron chi connectivity index (χ2n) is 4.07. The van der Waals surface area contributed by atoms with Crippen molar-refractivity contribution in [3.05, 3.63) is 0 Å². The van der Waals surface area contributed by atoms with Crippen molar-refractivity contribution < 1.29 is 8.42 Å². The zero-order chi connectivity index (χ0) is 11.5. The molecule has 0 aromatic carbocycles. The van der Waals surface area contributed by atoms with E-state index in [1.165, 1.54) is 0 Å². The summed E-state index contributed by atoms with van der Waals surface area (Å²) in [4.78, 5) is 2.15. The maximum atomic E-state index is 12.0. The highest BCUT2D eigenvalue weighted by Gasteiger charge is 2.29. The molecule has 1 fully saturated rings. The summed E-state index contributed by atoms with van der Waals surface area (Å²) in [5.74, 6) is 0.161. The summed E-state index contributed by atoms with van der Waals surface area (Å²) in [5.41, 5.74) is 0. The van der Waals surface area contributed by atoms with E-state index in [4.69, 9.17) is 11.6 Å². The molecule has 0 aromatic heterocycles. The van der Waals surface area contributed by atoms with Crippen LogP contribution in [-0.2, 0) is 10.0 Å². The van der Waals surface area contributed by atoms with Crippen LogP contribution in [0.2, 0.25) is 0 Å². The fraction of sp³-hybridized carbons (Fsp3) is 1.00. The minimum atomic E-state index is -3.18. The van der Waals surface area contributed by atoms with Crippen LogP contribution in [0.3, 0.4) is 0 Å². The van der Waals surface area contributed by atoms with E-state index in [0.29, 0.717) is 13.1 Å². The van der Waals surface area contributed by atoms with Gasteiger partial charge >= 0.3 is 0 Å². The number of likely N-dealkylation sites (N-methyl/N-ethyl adjacent to an activating group) is 1. The molecule has 1 heterocycles. The van der Waals surface area contributed by atoms with Gasteiger partial charge in [-0.15, -0.1) is 11.6 Å². The third-order valence-corrected chi connectivity index (χ3v) is 5.68. The van der Waals surface area contributed by atoms with Gasteiger partial charge in [-0.1, -0.05) is 0 Å². The molecule has 90 valence electrons. The molecule has 1 atom stereocenters. The number of hydrogen-bond donors (Lipinski definition) is 0. The van der Waals surface area contributed by atoms with Crippen molar-refractivity contribution in [2.45, 2.75) is 18.6 Å². The van der Waals surface area contributed by atoms with Gasteiger partial charge in [-0.05, 0) is 26.9 Å². The first-order valence-electron chi connectivity index (χ1n) is 5.22. The molecule has 1 aliphatic rings. The smallest absolute Gasteiger partial charge is 0.217 e. The quantitative estimate of drug-likeness (QED) is 0.692. The first-order valence-corrected chi connectivity index (χ1v) is 7.25. The Balaban J connectivity index is 2.70. The minimum absolute atomic E-state index is 0.161. The lowest BCUT2D eigenvalue weighted by Crippen LogP contribution is -2.40. The van der Waals surface area contributed by atoms with Crippen LogP contribution in [-0.4, -0.2) is 62.0 Å². The van der Waals surface area contributed by atoms with E-state index in [-0.39, 0.29) is 5.88 Å². The Morgan fingerprint density at radius 2 is 1.93 bits per heavy atom. The summed E-state index contributed by atoms with van der Waals surface area (Å²) in [7, 11) is -1.17. The number of alkyl halides is 1. The van der Waals surface area contributed by atoms with Gasteiger partial charge in [0, 0.05) is 25.5 Å². The Morgan fingerprint density at radius 1 is 1.27 bits per heavy atom. The predicted octanol–water partition coefficient (Wildman–Crippen LogP) is 0.581. The molecule has 1 aliphatic heterocycles. The van der Waals surface area contributed by atoms with Gasteiger partial charge in [0.15, 0.2) is 0 Å². The van der Waals surface area contributed by atoms with E-state index >= 15 is 0 Å². The topological polar surface area (TPSA) is 40.6 Å². The largest absolute Gasteiger partial charge is 0.305 e. The lowest BCUT2D eigenvalue weighted by Gasteiger charge is -2.23. The van der Waals surface area contributed by atoms with Crippen LogP contribution < -0.4 is 0 Å². The molecule has 0 spiro atoms. The Bertz CT molecular complexity index is 294. The van der Waals surface area contributed by atoms with Crippen molar-refractivity contribution in [1.29, 1.82) is 0 Å². The van der Waals surface area contributed by atoms with Crippen molar-refractivity contribution in [1.82, 2.24) is 9.21 Å². The molecule has 4 nitrogen and oxygen atoms in total. The summed E-state index contributed by atoms with van der Waals surface area (Å²) >= 11 is 5.61. The van der Waals surface area contributed by atoms with Gasteiger partial charge in [-0.25, -0.2) is 12.7 Å². The molecular formula is C9H19ClN2O2S. The van der Waals surface area contributed by atoms with Crippen LogP contribution in [0.15, 0.2) is 0 Å². The van der Waals surface area contributed by atoms with Crippen molar-refractivity contribution in [2.75, 3.05) is 39.1 Å². The molecule has 0 aromatic rings. The SMILES string of the molecule is CC(CCl)S(=O)(=O)N1CCCN(C)CC1.